The fourth-order valence-corrected chi connectivity index (χ4v) is 2.86. The number of hydrogen-bond acceptors (Lipinski definition) is 5. The molecular weight excluding hydrogens is 374 g/mol. The zero-order valence-electron chi connectivity index (χ0n) is 17.2. The summed E-state index contributed by atoms with van der Waals surface area (Å²) in [7, 11) is 1.60. The molecule has 29 heavy (non-hydrogen) atoms. The number of carbonyl (C=O) groups is 3. The largest absolute Gasteiger partial charge is 0.497 e. The van der Waals surface area contributed by atoms with Gasteiger partial charge in [-0.3, -0.25) is 9.59 Å². The quantitative estimate of drug-likeness (QED) is 0.626. The Kier molecular flexibility index (Phi) is 7.82. The summed E-state index contributed by atoms with van der Waals surface area (Å²) in [6.07, 6.45) is 0.812. The molecule has 156 valence electrons. The molecule has 0 aliphatic carbocycles. The van der Waals surface area contributed by atoms with E-state index in [1.54, 1.807) is 13.2 Å². The number of nitrogens with zero attached hydrogens (tertiary/aromatic N) is 1. The van der Waals surface area contributed by atoms with Crippen molar-refractivity contribution in [3.05, 3.63) is 47.3 Å². The Bertz CT molecular complexity index is 871. The van der Waals surface area contributed by atoms with Crippen LogP contribution in [0.1, 0.15) is 35.1 Å². The van der Waals surface area contributed by atoms with Crippen molar-refractivity contribution in [3.8, 4) is 11.4 Å². The third-order valence-electron chi connectivity index (χ3n) is 4.33. The van der Waals surface area contributed by atoms with E-state index in [-0.39, 0.29) is 12.5 Å². The van der Waals surface area contributed by atoms with Crippen molar-refractivity contribution in [2.24, 2.45) is 0 Å². The number of nitrogens with one attached hydrogen (secondary N) is 2. The minimum absolute atomic E-state index is 0.150. The van der Waals surface area contributed by atoms with E-state index >= 15 is 0 Å². The number of ether oxygens (including phenoxy) is 2. The molecule has 0 aliphatic rings. The Labute approximate surface area is 170 Å². The molecule has 2 N–H and O–H groups in total. The number of rotatable bonds is 9. The number of aromatic nitrogens is 1. The number of carbonyl (C=O) groups excluding carboxylic acids is 3. The molecule has 0 aliphatic heterocycles. The standard InChI is InChI=1S/C21H27N3O5/c1-5-10-22-19(25)12-23-20(26)13-29-21(27)18-11-14(2)24(15(18)3)16-6-8-17(28-4)9-7-16/h6-9,11H,5,10,12-13H2,1-4H3,(H,22,25)(H,23,26). The molecule has 0 radical (unpaired) electrons. The Morgan fingerprint density at radius 2 is 1.72 bits per heavy atom. The van der Waals surface area contributed by atoms with Crippen LogP contribution in [0.3, 0.4) is 0 Å². The molecule has 0 atom stereocenters. The van der Waals surface area contributed by atoms with Crippen molar-refractivity contribution >= 4 is 17.8 Å². The second-order valence-electron chi connectivity index (χ2n) is 6.52. The first-order chi connectivity index (χ1) is 13.9. The van der Waals surface area contributed by atoms with Crippen LogP contribution >= 0.6 is 0 Å². The van der Waals surface area contributed by atoms with Gasteiger partial charge in [0, 0.05) is 23.6 Å². The molecule has 2 amide bonds. The highest BCUT2D eigenvalue weighted by atomic mass is 16.5. The number of benzene rings is 1. The molecule has 0 saturated carbocycles. The summed E-state index contributed by atoms with van der Waals surface area (Å²) in [4.78, 5) is 35.7. The van der Waals surface area contributed by atoms with Gasteiger partial charge in [0.1, 0.15) is 5.75 Å². The number of hydrogen-bond donors (Lipinski definition) is 2. The lowest BCUT2D eigenvalue weighted by molar-refractivity contribution is -0.127. The molecule has 1 heterocycles. The van der Waals surface area contributed by atoms with Gasteiger partial charge >= 0.3 is 5.97 Å². The summed E-state index contributed by atoms with van der Waals surface area (Å²) < 4.78 is 12.2. The van der Waals surface area contributed by atoms with Crippen molar-refractivity contribution in [1.82, 2.24) is 15.2 Å². The predicted octanol–water partition coefficient (Wildman–Crippen LogP) is 1.90. The first-order valence-corrected chi connectivity index (χ1v) is 9.41. The highest BCUT2D eigenvalue weighted by Gasteiger charge is 2.19. The van der Waals surface area contributed by atoms with E-state index in [9.17, 15) is 14.4 Å². The van der Waals surface area contributed by atoms with Crippen LogP contribution in [0.25, 0.3) is 5.69 Å². The zero-order valence-corrected chi connectivity index (χ0v) is 17.2. The van der Waals surface area contributed by atoms with Gasteiger partial charge in [0.15, 0.2) is 6.61 Å². The summed E-state index contributed by atoms with van der Waals surface area (Å²) in [6, 6.07) is 9.19. The van der Waals surface area contributed by atoms with E-state index < -0.39 is 18.5 Å². The molecule has 8 nitrogen and oxygen atoms in total. The molecule has 0 bridgehead atoms. The molecule has 0 fully saturated rings. The van der Waals surface area contributed by atoms with Gasteiger partial charge in [-0.2, -0.15) is 0 Å². The van der Waals surface area contributed by atoms with Crippen molar-refractivity contribution in [2.45, 2.75) is 27.2 Å². The van der Waals surface area contributed by atoms with E-state index in [2.05, 4.69) is 10.6 Å². The second-order valence-corrected chi connectivity index (χ2v) is 6.52. The van der Waals surface area contributed by atoms with Gasteiger partial charge in [-0.15, -0.1) is 0 Å². The van der Waals surface area contributed by atoms with Gasteiger partial charge in [0.2, 0.25) is 5.91 Å². The molecule has 2 aromatic rings. The molecule has 1 aromatic heterocycles. The highest BCUT2D eigenvalue weighted by molar-refractivity contribution is 5.93. The summed E-state index contributed by atoms with van der Waals surface area (Å²) in [5.41, 5.74) is 2.83. The Morgan fingerprint density at radius 3 is 2.34 bits per heavy atom. The van der Waals surface area contributed by atoms with E-state index in [1.165, 1.54) is 0 Å². The van der Waals surface area contributed by atoms with Crippen molar-refractivity contribution in [1.29, 1.82) is 0 Å². The molecule has 1 aromatic carbocycles. The summed E-state index contributed by atoms with van der Waals surface area (Å²) in [6.45, 7) is 5.58. The number of methoxy groups -OCH3 is 1. The normalized spacial score (nSPS) is 10.3. The van der Waals surface area contributed by atoms with Crippen molar-refractivity contribution in [3.63, 3.8) is 0 Å². The van der Waals surface area contributed by atoms with Crippen LogP contribution in [-0.4, -0.2) is 49.2 Å². The SMILES string of the molecule is CCCNC(=O)CNC(=O)COC(=O)c1cc(C)n(-c2ccc(OC)cc2)c1C. The van der Waals surface area contributed by atoms with Gasteiger partial charge in [-0.25, -0.2) is 4.79 Å². The van der Waals surface area contributed by atoms with E-state index in [1.807, 2.05) is 49.6 Å². The topological polar surface area (TPSA) is 98.7 Å². The fourth-order valence-electron chi connectivity index (χ4n) is 2.86. The van der Waals surface area contributed by atoms with Gasteiger partial charge in [-0.05, 0) is 50.6 Å². The summed E-state index contributed by atoms with van der Waals surface area (Å²) in [5.74, 6) is -0.669. The molecule has 0 saturated heterocycles. The third kappa shape index (κ3) is 5.84. The Balaban J connectivity index is 1.97. The van der Waals surface area contributed by atoms with Gasteiger partial charge in [0.25, 0.3) is 5.91 Å². The first-order valence-electron chi connectivity index (χ1n) is 9.41. The Morgan fingerprint density at radius 1 is 1.03 bits per heavy atom. The third-order valence-corrected chi connectivity index (χ3v) is 4.33. The summed E-state index contributed by atoms with van der Waals surface area (Å²) in [5, 5.41) is 5.07. The maximum Gasteiger partial charge on any atom is 0.340 e. The van der Waals surface area contributed by atoms with Crippen LogP contribution in [0, 0.1) is 13.8 Å². The lowest BCUT2D eigenvalue weighted by Crippen LogP contribution is -2.38. The lowest BCUT2D eigenvalue weighted by atomic mass is 10.2. The van der Waals surface area contributed by atoms with Crippen LogP contribution in [0.2, 0.25) is 0 Å². The smallest absolute Gasteiger partial charge is 0.340 e. The lowest BCUT2D eigenvalue weighted by Gasteiger charge is -2.11. The first kappa shape index (κ1) is 22.0. The van der Waals surface area contributed by atoms with E-state index in [0.717, 1.165) is 23.6 Å². The average Bonchev–Trinajstić information content (AvgIpc) is 3.03. The van der Waals surface area contributed by atoms with E-state index in [0.29, 0.717) is 17.8 Å². The predicted molar refractivity (Wildman–Crippen MR) is 108 cm³/mol. The fraction of sp³-hybridized carbons (Fsp3) is 0.381. The molecule has 0 unspecified atom stereocenters. The summed E-state index contributed by atoms with van der Waals surface area (Å²) >= 11 is 0. The van der Waals surface area contributed by atoms with E-state index in [4.69, 9.17) is 9.47 Å². The number of esters is 1. The highest BCUT2D eigenvalue weighted by Crippen LogP contribution is 2.23. The van der Waals surface area contributed by atoms with Crippen LogP contribution in [0.4, 0.5) is 0 Å². The van der Waals surface area contributed by atoms with Crippen molar-refractivity contribution in [2.75, 3.05) is 26.8 Å². The van der Waals surface area contributed by atoms with Crippen LogP contribution in [-0.2, 0) is 14.3 Å². The zero-order chi connectivity index (χ0) is 21.4. The molecule has 0 spiro atoms. The minimum atomic E-state index is -0.594. The maximum absolute atomic E-state index is 12.4. The Hall–Kier alpha value is -3.29. The number of amides is 2. The van der Waals surface area contributed by atoms with Crippen LogP contribution in [0.15, 0.2) is 30.3 Å². The van der Waals surface area contributed by atoms with Crippen LogP contribution < -0.4 is 15.4 Å². The van der Waals surface area contributed by atoms with Crippen molar-refractivity contribution < 1.29 is 23.9 Å². The van der Waals surface area contributed by atoms with Crippen LogP contribution in [0.5, 0.6) is 5.75 Å². The molecule has 2 rings (SSSR count). The van der Waals surface area contributed by atoms with Gasteiger partial charge in [-0.1, -0.05) is 6.92 Å². The molecule has 8 heteroatoms. The van der Waals surface area contributed by atoms with Gasteiger partial charge in [0.05, 0.1) is 19.2 Å². The second kappa shape index (κ2) is 10.3. The number of aryl methyl sites for hydroxylation is 1. The van der Waals surface area contributed by atoms with Gasteiger partial charge < -0.3 is 24.7 Å². The monoisotopic (exact) mass is 401 g/mol. The molecular formula is C21H27N3O5. The average molecular weight is 401 g/mol. The maximum atomic E-state index is 12.4. The minimum Gasteiger partial charge on any atom is -0.497 e.